The highest BCUT2D eigenvalue weighted by Crippen LogP contribution is 2.25. The zero-order valence-corrected chi connectivity index (χ0v) is 10.9. The summed E-state index contributed by atoms with van der Waals surface area (Å²) >= 11 is 7.43. The molecule has 2 aromatic heterocycles. The van der Waals surface area contributed by atoms with Crippen molar-refractivity contribution in [2.45, 2.75) is 19.4 Å². The first kappa shape index (κ1) is 12.4. The molecule has 0 fully saturated rings. The molecule has 0 aromatic carbocycles. The lowest BCUT2D eigenvalue weighted by Gasteiger charge is -2.13. The molecular formula is C11H13ClN4S. The van der Waals surface area contributed by atoms with E-state index in [0.29, 0.717) is 5.82 Å². The smallest absolute Gasteiger partial charge is 0.146 e. The molecule has 0 aliphatic carbocycles. The highest BCUT2D eigenvalue weighted by molar-refractivity contribution is 7.16. The lowest BCUT2D eigenvalue weighted by molar-refractivity contribution is 0.525. The number of thiophene rings is 1. The molecular weight excluding hydrogens is 256 g/mol. The Morgan fingerprint density at radius 2 is 2.12 bits per heavy atom. The second-order valence-corrected chi connectivity index (χ2v) is 5.55. The molecule has 3 N–H and O–H groups in total. The van der Waals surface area contributed by atoms with Gasteiger partial charge in [0.2, 0.25) is 0 Å². The van der Waals surface area contributed by atoms with Gasteiger partial charge in [0.1, 0.15) is 5.82 Å². The summed E-state index contributed by atoms with van der Waals surface area (Å²) in [4.78, 5) is 9.70. The van der Waals surface area contributed by atoms with E-state index in [9.17, 15) is 0 Å². The van der Waals surface area contributed by atoms with E-state index in [1.165, 1.54) is 0 Å². The maximum atomic E-state index is 5.89. The van der Waals surface area contributed by atoms with Crippen molar-refractivity contribution in [3.05, 3.63) is 45.1 Å². The van der Waals surface area contributed by atoms with E-state index < -0.39 is 0 Å². The average Bonchev–Trinajstić information content (AvgIpc) is 2.73. The maximum Gasteiger partial charge on any atom is 0.146 e. The van der Waals surface area contributed by atoms with Crippen molar-refractivity contribution in [3.63, 3.8) is 0 Å². The Hall–Kier alpha value is -1.01. The van der Waals surface area contributed by atoms with Crippen molar-refractivity contribution < 1.29 is 0 Å². The predicted octanol–water partition coefficient (Wildman–Crippen LogP) is 2.25. The molecule has 0 radical (unpaired) electrons. The van der Waals surface area contributed by atoms with Crippen LogP contribution in [0.4, 0.5) is 0 Å². The van der Waals surface area contributed by atoms with Gasteiger partial charge in [0.15, 0.2) is 0 Å². The Kier molecular flexibility index (Phi) is 4.06. The third-order valence-electron chi connectivity index (χ3n) is 2.35. The number of aryl methyl sites for hydroxylation is 1. The van der Waals surface area contributed by atoms with E-state index >= 15 is 0 Å². The summed E-state index contributed by atoms with van der Waals surface area (Å²) in [5, 5.41) is 0. The van der Waals surface area contributed by atoms with Crippen molar-refractivity contribution in [1.29, 1.82) is 0 Å². The van der Waals surface area contributed by atoms with Gasteiger partial charge in [-0.2, -0.15) is 0 Å². The Morgan fingerprint density at radius 3 is 2.65 bits per heavy atom. The second-order valence-electron chi connectivity index (χ2n) is 3.75. The monoisotopic (exact) mass is 268 g/mol. The quantitative estimate of drug-likeness (QED) is 0.659. The summed E-state index contributed by atoms with van der Waals surface area (Å²) in [6, 6.07) is 3.78. The molecule has 0 amide bonds. The van der Waals surface area contributed by atoms with E-state index in [-0.39, 0.29) is 6.04 Å². The van der Waals surface area contributed by atoms with E-state index in [2.05, 4.69) is 15.4 Å². The van der Waals surface area contributed by atoms with Gasteiger partial charge in [-0.05, 0) is 24.6 Å². The van der Waals surface area contributed by atoms with Crippen molar-refractivity contribution in [2.75, 3.05) is 0 Å². The third-order valence-corrected chi connectivity index (χ3v) is 3.60. The van der Waals surface area contributed by atoms with Gasteiger partial charge < -0.3 is 0 Å². The molecule has 0 saturated carbocycles. The van der Waals surface area contributed by atoms with E-state index in [1.807, 2.05) is 19.1 Å². The van der Waals surface area contributed by atoms with Crippen LogP contribution in [0.1, 0.15) is 22.3 Å². The topological polar surface area (TPSA) is 63.8 Å². The van der Waals surface area contributed by atoms with Crippen LogP contribution in [0, 0.1) is 6.92 Å². The fourth-order valence-corrected chi connectivity index (χ4v) is 2.60. The number of hydrazine groups is 1. The SMILES string of the molecule is Cc1cnc(C(Cc2ccc(Cl)s2)NN)nc1. The van der Waals surface area contributed by atoms with Crippen molar-refractivity contribution in [2.24, 2.45) is 5.84 Å². The molecule has 1 atom stereocenters. The number of rotatable bonds is 4. The summed E-state index contributed by atoms with van der Waals surface area (Å²) in [5.74, 6) is 6.24. The van der Waals surface area contributed by atoms with Gasteiger partial charge in [-0.25, -0.2) is 15.4 Å². The molecule has 0 aliphatic heterocycles. The van der Waals surface area contributed by atoms with Gasteiger partial charge in [0, 0.05) is 23.7 Å². The van der Waals surface area contributed by atoms with Crippen LogP contribution in [0.5, 0.6) is 0 Å². The van der Waals surface area contributed by atoms with Gasteiger partial charge in [-0.1, -0.05) is 11.6 Å². The zero-order chi connectivity index (χ0) is 12.3. The highest BCUT2D eigenvalue weighted by Gasteiger charge is 2.14. The molecule has 2 aromatic rings. The molecule has 2 rings (SSSR count). The molecule has 2 heterocycles. The van der Waals surface area contributed by atoms with Crippen LogP contribution in [-0.4, -0.2) is 9.97 Å². The van der Waals surface area contributed by atoms with Gasteiger partial charge in [-0.3, -0.25) is 5.84 Å². The molecule has 90 valence electrons. The number of hydrogen-bond acceptors (Lipinski definition) is 5. The second kappa shape index (κ2) is 5.55. The predicted molar refractivity (Wildman–Crippen MR) is 69.9 cm³/mol. The minimum absolute atomic E-state index is 0.0923. The van der Waals surface area contributed by atoms with E-state index in [1.54, 1.807) is 23.7 Å². The molecule has 0 saturated heterocycles. The number of nitrogens with zero attached hydrogens (tertiary/aromatic N) is 2. The van der Waals surface area contributed by atoms with E-state index in [4.69, 9.17) is 17.4 Å². The van der Waals surface area contributed by atoms with Crippen molar-refractivity contribution >= 4 is 22.9 Å². The maximum absolute atomic E-state index is 5.89. The summed E-state index contributed by atoms with van der Waals surface area (Å²) in [5.41, 5.74) is 3.77. The Bertz CT molecular complexity index is 482. The minimum Gasteiger partial charge on any atom is -0.271 e. The standard InChI is InChI=1S/C11H13ClN4S/c1-7-5-14-11(15-6-7)9(16-13)4-8-2-3-10(12)17-8/h2-3,5-6,9,16H,4,13H2,1H3. The van der Waals surface area contributed by atoms with Crippen LogP contribution in [0.2, 0.25) is 4.34 Å². The average molecular weight is 269 g/mol. The summed E-state index contributed by atoms with van der Waals surface area (Å²) < 4.78 is 0.778. The fourth-order valence-electron chi connectivity index (χ4n) is 1.47. The Labute approximate surface area is 109 Å². The third kappa shape index (κ3) is 3.23. The number of nitrogens with one attached hydrogen (secondary N) is 1. The zero-order valence-electron chi connectivity index (χ0n) is 9.35. The molecule has 0 aliphatic rings. The normalized spacial score (nSPS) is 12.6. The van der Waals surface area contributed by atoms with Crippen LogP contribution >= 0.6 is 22.9 Å². The van der Waals surface area contributed by atoms with Gasteiger partial charge >= 0.3 is 0 Å². The van der Waals surface area contributed by atoms with Crippen molar-refractivity contribution in [1.82, 2.24) is 15.4 Å². The van der Waals surface area contributed by atoms with Crippen LogP contribution in [0.3, 0.4) is 0 Å². The van der Waals surface area contributed by atoms with Crippen LogP contribution in [0.25, 0.3) is 0 Å². The molecule has 1 unspecified atom stereocenters. The van der Waals surface area contributed by atoms with Gasteiger partial charge in [0.05, 0.1) is 10.4 Å². The first-order chi connectivity index (χ1) is 8.19. The number of halogens is 1. The Balaban J connectivity index is 2.13. The first-order valence-corrected chi connectivity index (χ1v) is 6.37. The minimum atomic E-state index is -0.0923. The summed E-state index contributed by atoms with van der Waals surface area (Å²) in [6.45, 7) is 1.95. The van der Waals surface area contributed by atoms with Crippen LogP contribution < -0.4 is 11.3 Å². The summed E-state index contributed by atoms with van der Waals surface area (Å²) in [6.07, 6.45) is 4.30. The van der Waals surface area contributed by atoms with Gasteiger partial charge in [-0.15, -0.1) is 11.3 Å². The first-order valence-electron chi connectivity index (χ1n) is 5.18. The van der Waals surface area contributed by atoms with Crippen molar-refractivity contribution in [3.8, 4) is 0 Å². The lowest BCUT2D eigenvalue weighted by atomic mass is 10.2. The lowest BCUT2D eigenvalue weighted by Crippen LogP contribution is -2.30. The highest BCUT2D eigenvalue weighted by atomic mass is 35.5. The molecule has 0 spiro atoms. The Morgan fingerprint density at radius 1 is 1.41 bits per heavy atom. The van der Waals surface area contributed by atoms with Crippen LogP contribution in [0.15, 0.2) is 24.5 Å². The molecule has 6 heteroatoms. The largest absolute Gasteiger partial charge is 0.271 e. The molecule has 17 heavy (non-hydrogen) atoms. The number of hydrogen-bond donors (Lipinski definition) is 2. The summed E-state index contributed by atoms with van der Waals surface area (Å²) in [7, 11) is 0. The molecule has 0 bridgehead atoms. The number of aromatic nitrogens is 2. The molecule has 4 nitrogen and oxygen atoms in total. The van der Waals surface area contributed by atoms with Gasteiger partial charge in [0.25, 0.3) is 0 Å². The number of nitrogens with two attached hydrogens (primary N) is 1. The fraction of sp³-hybridized carbons (Fsp3) is 0.273. The van der Waals surface area contributed by atoms with E-state index in [0.717, 1.165) is 21.2 Å². The van der Waals surface area contributed by atoms with Crippen LogP contribution in [-0.2, 0) is 6.42 Å².